The number of carbonyl (C=O) groups is 1. The van der Waals surface area contributed by atoms with Crippen molar-refractivity contribution in [3.05, 3.63) is 34.9 Å². The molecule has 0 aliphatic heterocycles. The predicted molar refractivity (Wildman–Crippen MR) is 80.3 cm³/mol. The van der Waals surface area contributed by atoms with E-state index in [1.54, 1.807) is 18.2 Å². The molecule has 0 heterocycles. The summed E-state index contributed by atoms with van der Waals surface area (Å²) >= 11 is 0. The van der Waals surface area contributed by atoms with Gasteiger partial charge in [-0.05, 0) is 30.7 Å². The van der Waals surface area contributed by atoms with Crippen LogP contribution in [0.3, 0.4) is 0 Å². The van der Waals surface area contributed by atoms with Crippen molar-refractivity contribution < 1.29 is 18.3 Å². The Morgan fingerprint density at radius 2 is 2.05 bits per heavy atom. The summed E-state index contributed by atoms with van der Waals surface area (Å²) in [4.78, 5) is 11.9. The Balaban J connectivity index is 2.61. The zero-order chi connectivity index (χ0) is 15.9. The van der Waals surface area contributed by atoms with Gasteiger partial charge in [0.25, 0.3) is 5.91 Å². The number of benzene rings is 1. The maximum absolute atomic E-state index is 11.9. The van der Waals surface area contributed by atoms with Gasteiger partial charge in [0.05, 0.1) is 6.26 Å². The van der Waals surface area contributed by atoms with Gasteiger partial charge in [-0.25, -0.2) is 13.1 Å². The zero-order valence-corrected chi connectivity index (χ0v) is 12.8. The van der Waals surface area contributed by atoms with Crippen molar-refractivity contribution in [2.75, 3.05) is 26.0 Å². The van der Waals surface area contributed by atoms with Crippen molar-refractivity contribution in [3.63, 3.8) is 0 Å². The number of aryl methyl sites for hydroxylation is 1. The standard InChI is InChI=1S/C14H18N2O4S/c1-11-10-13(6-5-12(11)4-3-9-17)14(18)15-7-8-16-21(2,19)20/h5-6,10,16-17H,7-9H2,1-2H3,(H,15,18). The van der Waals surface area contributed by atoms with Gasteiger partial charge in [0.2, 0.25) is 10.0 Å². The second kappa shape index (κ2) is 7.78. The number of hydrogen-bond acceptors (Lipinski definition) is 4. The first-order chi connectivity index (χ1) is 9.83. The molecule has 21 heavy (non-hydrogen) atoms. The first kappa shape index (κ1) is 17.2. The van der Waals surface area contributed by atoms with Crippen LogP contribution in [0.25, 0.3) is 0 Å². The molecule has 0 fully saturated rings. The van der Waals surface area contributed by atoms with E-state index in [9.17, 15) is 13.2 Å². The third-order valence-corrected chi connectivity index (χ3v) is 3.29. The number of rotatable bonds is 5. The highest BCUT2D eigenvalue weighted by Crippen LogP contribution is 2.10. The number of aliphatic hydroxyl groups excluding tert-OH is 1. The first-order valence-electron chi connectivity index (χ1n) is 6.26. The van der Waals surface area contributed by atoms with Gasteiger partial charge >= 0.3 is 0 Å². The summed E-state index contributed by atoms with van der Waals surface area (Å²) < 4.78 is 24.0. The van der Waals surface area contributed by atoms with E-state index in [0.717, 1.165) is 17.4 Å². The van der Waals surface area contributed by atoms with Crippen LogP contribution in [-0.4, -0.2) is 45.4 Å². The molecule has 0 spiro atoms. The average Bonchev–Trinajstić information content (AvgIpc) is 2.41. The predicted octanol–water partition coefficient (Wildman–Crippen LogP) is -0.382. The minimum atomic E-state index is -3.24. The van der Waals surface area contributed by atoms with Crippen LogP contribution in [0.4, 0.5) is 0 Å². The van der Waals surface area contributed by atoms with E-state index in [0.29, 0.717) is 5.56 Å². The Hall–Kier alpha value is -1.88. The van der Waals surface area contributed by atoms with E-state index >= 15 is 0 Å². The van der Waals surface area contributed by atoms with Crippen molar-refractivity contribution in [2.45, 2.75) is 6.92 Å². The fraction of sp³-hybridized carbons (Fsp3) is 0.357. The molecule has 3 N–H and O–H groups in total. The first-order valence-corrected chi connectivity index (χ1v) is 8.16. The van der Waals surface area contributed by atoms with Crippen LogP contribution in [0, 0.1) is 18.8 Å². The zero-order valence-electron chi connectivity index (χ0n) is 11.9. The molecule has 1 rings (SSSR count). The molecule has 0 aliphatic carbocycles. The third-order valence-electron chi connectivity index (χ3n) is 2.57. The summed E-state index contributed by atoms with van der Waals surface area (Å²) in [5, 5.41) is 11.3. The summed E-state index contributed by atoms with van der Waals surface area (Å²) in [5.74, 6) is 5.06. The third kappa shape index (κ3) is 6.40. The molecule has 0 bridgehead atoms. The largest absolute Gasteiger partial charge is 0.384 e. The summed E-state index contributed by atoms with van der Waals surface area (Å²) in [6.07, 6.45) is 1.06. The minimum Gasteiger partial charge on any atom is -0.384 e. The van der Waals surface area contributed by atoms with Gasteiger partial charge in [-0.1, -0.05) is 11.8 Å². The molecule has 1 amide bonds. The molecule has 0 aromatic heterocycles. The molecule has 0 unspecified atom stereocenters. The lowest BCUT2D eigenvalue weighted by Gasteiger charge is -2.07. The lowest BCUT2D eigenvalue weighted by molar-refractivity contribution is 0.0954. The quantitative estimate of drug-likeness (QED) is 0.510. The van der Waals surface area contributed by atoms with Gasteiger partial charge in [-0.2, -0.15) is 0 Å². The van der Waals surface area contributed by atoms with Crippen molar-refractivity contribution in [2.24, 2.45) is 0 Å². The second-order valence-corrected chi connectivity index (χ2v) is 6.25. The number of nitrogens with one attached hydrogen (secondary N) is 2. The molecule has 0 saturated heterocycles. The molecule has 6 nitrogen and oxygen atoms in total. The highest BCUT2D eigenvalue weighted by molar-refractivity contribution is 7.88. The molecule has 114 valence electrons. The molecule has 0 saturated carbocycles. The van der Waals surface area contributed by atoms with Gasteiger partial charge in [-0.15, -0.1) is 0 Å². The normalized spacial score (nSPS) is 10.6. The molecule has 0 radical (unpaired) electrons. The molecule has 1 aromatic rings. The number of carbonyl (C=O) groups excluding carboxylic acids is 1. The second-order valence-electron chi connectivity index (χ2n) is 4.41. The van der Waals surface area contributed by atoms with Crippen molar-refractivity contribution >= 4 is 15.9 Å². The maximum atomic E-state index is 11.9. The van der Waals surface area contributed by atoms with Gasteiger partial charge < -0.3 is 10.4 Å². The maximum Gasteiger partial charge on any atom is 0.251 e. The van der Waals surface area contributed by atoms with Crippen LogP contribution in [0.15, 0.2) is 18.2 Å². The van der Waals surface area contributed by atoms with Crippen LogP contribution in [-0.2, 0) is 10.0 Å². The van der Waals surface area contributed by atoms with E-state index in [-0.39, 0.29) is 25.6 Å². The number of sulfonamides is 1. The lowest BCUT2D eigenvalue weighted by atomic mass is 10.0. The highest BCUT2D eigenvalue weighted by Gasteiger charge is 2.07. The lowest BCUT2D eigenvalue weighted by Crippen LogP contribution is -2.34. The highest BCUT2D eigenvalue weighted by atomic mass is 32.2. The Kier molecular flexibility index (Phi) is 6.37. The molecule has 7 heteroatoms. The molecule has 1 aromatic carbocycles. The summed E-state index contributed by atoms with van der Waals surface area (Å²) in [6.45, 7) is 1.96. The number of amides is 1. The molecule has 0 aliphatic rings. The van der Waals surface area contributed by atoms with E-state index in [1.165, 1.54) is 0 Å². The summed E-state index contributed by atoms with van der Waals surface area (Å²) in [5.41, 5.74) is 2.05. The fourth-order valence-electron chi connectivity index (χ4n) is 1.59. The topological polar surface area (TPSA) is 95.5 Å². The van der Waals surface area contributed by atoms with Crippen molar-refractivity contribution in [1.29, 1.82) is 0 Å². The van der Waals surface area contributed by atoms with Crippen LogP contribution in [0.1, 0.15) is 21.5 Å². The molecular weight excluding hydrogens is 292 g/mol. The summed E-state index contributed by atoms with van der Waals surface area (Å²) in [7, 11) is -3.24. The van der Waals surface area contributed by atoms with Gasteiger partial charge in [0, 0.05) is 24.2 Å². The smallest absolute Gasteiger partial charge is 0.251 e. The Bertz CT molecular complexity index is 672. The number of hydrogen-bond donors (Lipinski definition) is 3. The SMILES string of the molecule is Cc1cc(C(=O)NCCNS(C)(=O)=O)ccc1C#CCO. The van der Waals surface area contributed by atoms with E-state index < -0.39 is 10.0 Å². The van der Waals surface area contributed by atoms with E-state index in [1.807, 2.05) is 6.92 Å². The van der Waals surface area contributed by atoms with Crippen LogP contribution < -0.4 is 10.0 Å². The van der Waals surface area contributed by atoms with Crippen LogP contribution in [0.2, 0.25) is 0 Å². The monoisotopic (exact) mass is 310 g/mol. The fourth-order valence-corrected chi connectivity index (χ4v) is 2.07. The molecule has 0 atom stereocenters. The Labute approximate surface area is 124 Å². The minimum absolute atomic E-state index is 0.142. The Morgan fingerprint density at radius 1 is 1.33 bits per heavy atom. The summed E-state index contributed by atoms with van der Waals surface area (Å²) in [6, 6.07) is 5.04. The van der Waals surface area contributed by atoms with Crippen molar-refractivity contribution in [1.82, 2.24) is 10.0 Å². The Morgan fingerprint density at radius 3 is 2.62 bits per heavy atom. The van der Waals surface area contributed by atoms with Crippen LogP contribution in [0.5, 0.6) is 0 Å². The number of aliphatic hydroxyl groups is 1. The van der Waals surface area contributed by atoms with Gasteiger partial charge in [0.1, 0.15) is 6.61 Å². The van der Waals surface area contributed by atoms with Gasteiger partial charge in [0.15, 0.2) is 0 Å². The van der Waals surface area contributed by atoms with Crippen molar-refractivity contribution in [3.8, 4) is 11.8 Å². The van der Waals surface area contributed by atoms with Crippen LogP contribution >= 0.6 is 0 Å². The average molecular weight is 310 g/mol. The molecular formula is C14H18N2O4S. The van der Waals surface area contributed by atoms with E-state index in [4.69, 9.17) is 5.11 Å². The van der Waals surface area contributed by atoms with E-state index in [2.05, 4.69) is 21.9 Å². The van der Waals surface area contributed by atoms with Gasteiger partial charge in [-0.3, -0.25) is 4.79 Å².